The number of H-pyrrole nitrogens is 2. The number of oxazole rings is 1. The van der Waals surface area contributed by atoms with E-state index in [4.69, 9.17) is 0 Å². The van der Waals surface area contributed by atoms with E-state index < -0.39 is 5.76 Å². The van der Waals surface area contributed by atoms with Gasteiger partial charge in [-0.15, -0.1) is 5.10 Å². The standard InChI is InChI=1S/C5H5N3O2/c1-2-3-4(8-7-2)10-5(9)6-3/h1H3,(H,6,9)(H,7,8). The zero-order valence-corrected chi connectivity index (χ0v) is 5.26. The van der Waals surface area contributed by atoms with Crippen LogP contribution in [0.5, 0.6) is 0 Å². The van der Waals surface area contributed by atoms with Crippen molar-refractivity contribution in [3.8, 4) is 0 Å². The molecule has 0 fully saturated rings. The van der Waals surface area contributed by atoms with Crippen LogP contribution < -0.4 is 5.76 Å². The average molecular weight is 139 g/mol. The highest BCUT2D eigenvalue weighted by atomic mass is 16.4. The highest BCUT2D eigenvalue weighted by molar-refractivity contribution is 5.69. The van der Waals surface area contributed by atoms with E-state index in [0.29, 0.717) is 11.2 Å². The van der Waals surface area contributed by atoms with Crippen LogP contribution in [0.2, 0.25) is 0 Å². The van der Waals surface area contributed by atoms with Crippen molar-refractivity contribution in [1.82, 2.24) is 15.2 Å². The van der Waals surface area contributed by atoms with Crippen molar-refractivity contribution in [2.24, 2.45) is 0 Å². The van der Waals surface area contributed by atoms with Gasteiger partial charge in [-0.1, -0.05) is 0 Å². The summed E-state index contributed by atoms with van der Waals surface area (Å²) in [5.41, 5.74) is 1.79. The number of aromatic amines is 2. The van der Waals surface area contributed by atoms with Crippen LogP contribution in [-0.2, 0) is 0 Å². The van der Waals surface area contributed by atoms with Crippen molar-refractivity contribution >= 4 is 11.2 Å². The molecule has 0 amide bonds. The zero-order valence-electron chi connectivity index (χ0n) is 5.26. The molecule has 0 aliphatic heterocycles. The van der Waals surface area contributed by atoms with E-state index in [-0.39, 0.29) is 0 Å². The summed E-state index contributed by atoms with van der Waals surface area (Å²) in [5, 5.41) is 6.39. The van der Waals surface area contributed by atoms with Gasteiger partial charge in [-0.25, -0.2) is 4.79 Å². The van der Waals surface area contributed by atoms with Crippen LogP contribution in [0.4, 0.5) is 0 Å². The Morgan fingerprint density at radius 1 is 1.60 bits per heavy atom. The molecule has 0 unspecified atom stereocenters. The molecule has 5 heteroatoms. The Labute approximate surface area is 55.1 Å². The van der Waals surface area contributed by atoms with Gasteiger partial charge in [0.2, 0.25) is 0 Å². The molecule has 0 aromatic carbocycles. The number of aromatic nitrogens is 3. The highest BCUT2D eigenvalue weighted by Crippen LogP contribution is 2.07. The number of hydrogen-bond acceptors (Lipinski definition) is 3. The fraction of sp³-hybridized carbons (Fsp3) is 0.200. The molecule has 0 aliphatic rings. The molecule has 10 heavy (non-hydrogen) atoms. The van der Waals surface area contributed by atoms with Crippen molar-refractivity contribution < 1.29 is 4.42 Å². The topological polar surface area (TPSA) is 74.7 Å². The molecule has 0 saturated heterocycles. The molecule has 0 spiro atoms. The fourth-order valence-corrected chi connectivity index (χ4v) is 0.843. The summed E-state index contributed by atoms with van der Waals surface area (Å²) in [4.78, 5) is 13.0. The molecular weight excluding hydrogens is 134 g/mol. The highest BCUT2D eigenvalue weighted by Gasteiger charge is 2.05. The lowest BCUT2D eigenvalue weighted by molar-refractivity contribution is 0.542. The predicted molar refractivity (Wildman–Crippen MR) is 33.7 cm³/mol. The smallest absolute Gasteiger partial charge is 0.387 e. The monoisotopic (exact) mass is 139 g/mol. The van der Waals surface area contributed by atoms with Crippen LogP contribution in [-0.4, -0.2) is 15.2 Å². The minimum atomic E-state index is -0.463. The maximum absolute atomic E-state index is 10.5. The van der Waals surface area contributed by atoms with Crippen molar-refractivity contribution in [2.45, 2.75) is 6.92 Å². The van der Waals surface area contributed by atoms with E-state index in [1.54, 1.807) is 6.92 Å². The Morgan fingerprint density at radius 3 is 3.10 bits per heavy atom. The minimum absolute atomic E-state index is 0.336. The maximum atomic E-state index is 10.5. The number of aryl methyl sites for hydroxylation is 1. The van der Waals surface area contributed by atoms with E-state index in [2.05, 4.69) is 19.6 Å². The van der Waals surface area contributed by atoms with E-state index in [0.717, 1.165) is 5.69 Å². The lowest BCUT2D eigenvalue weighted by atomic mass is 10.4. The van der Waals surface area contributed by atoms with E-state index >= 15 is 0 Å². The van der Waals surface area contributed by atoms with Gasteiger partial charge in [0.1, 0.15) is 5.52 Å². The van der Waals surface area contributed by atoms with Crippen molar-refractivity contribution in [2.75, 3.05) is 0 Å². The van der Waals surface area contributed by atoms with Crippen LogP contribution in [0.15, 0.2) is 9.21 Å². The van der Waals surface area contributed by atoms with E-state index in [1.807, 2.05) is 0 Å². The van der Waals surface area contributed by atoms with Gasteiger partial charge < -0.3 is 4.42 Å². The van der Waals surface area contributed by atoms with Gasteiger partial charge in [0.15, 0.2) is 0 Å². The third-order valence-electron chi connectivity index (χ3n) is 1.33. The van der Waals surface area contributed by atoms with Crippen molar-refractivity contribution in [3.63, 3.8) is 0 Å². The van der Waals surface area contributed by atoms with E-state index in [1.165, 1.54) is 0 Å². The molecule has 2 heterocycles. The third kappa shape index (κ3) is 0.513. The normalized spacial score (nSPS) is 10.9. The Hall–Kier alpha value is -1.52. The molecule has 2 rings (SSSR count). The van der Waals surface area contributed by atoms with Gasteiger partial charge in [-0.2, -0.15) is 0 Å². The van der Waals surface area contributed by atoms with Crippen molar-refractivity contribution in [3.05, 3.63) is 16.2 Å². The molecule has 52 valence electrons. The summed E-state index contributed by atoms with van der Waals surface area (Å²) in [6.07, 6.45) is 0. The molecule has 2 aromatic rings. The minimum Gasteiger partial charge on any atom is -0.387 e. The zero-order chi connectivity index (χ0) is 7.14. The Kier molecular flexibility index (Phi) is 0.791. The van der Waals surface area contributed by atoms with Gasteiger partial charge in [-0.05, 0) is 6.92 Å². The van der Waals surface area contributed by atoms with Gasteiger partial charge >= 0.3 is 5.76 Å². The first-order chi connectivity index (χ1) is 4.77. The molecule has 5 nitrogen and oxygen atoms in total. The summed E-state index contributed by atoms with van der Waals surface area (Å²) < 4.78 is 4.64. The van der Waals surface area contributed by atoms with Gasteiger partial charge in [0.25, 0.3) is 5.71 Å². The van der Waals surface area contributed by atoms with Crippen LogP contribution in [0, 0.1) is 6.92 Å². The third-order valence-corrected chi connectivity index (χ3v) is 1.33. The summed E-state index contributed by atoms with van der Waals surface area (Å²) in [7, 11) is 0. The Balaban J connectivity index is 3.03. The summed E-state index contributed by atoms with van der Waals surface area (Å²) in [6.45, 7) is 1.81. The maximum Gasteiger partial charge on any atom is 0.418 e. The van der Waals surface area contributed by atoms with Gasteiger partial charge in [0, 0.05) is 0 Å². The Morgan fingerprint density at radius 2 is 2.40 bits per heavy atom. The molecule has 2 aromatic heterocycles. The average Bonchev–Trinajstić information content (AvgIpc) is 2.35. The fourth-order valence-electron chi connectivity index (χ4n) is 0.843. The number of nitrogens with zero attached hydrogens (tertiary/aromatic N) is 1. The second-order valence-corrected chi connectivity index (χ2v) is 2.04. The summed E-state index contributed by atoms with van der Waals surface area (Å²) >= 11 is 0. The van der Waals surface area contributed by atoms with Crippen molar-refractivity contribution in [1.29, 1.82) is 0 Å². The number of rotatable bonds is 0. The predicted octanol–water partition coefficient (Wildman–Crippen LogP) is 0.153. The first kappa shape index (κ1) is 5.28. The summed E-state index contributed by atoms with van der Waals surface area (Å²) in [5.74, 6) is -0.463. The molecule has 0 aliphatic carbocycles. The summed E-state index contributed by atoms with van der Waals surface area (Å²) in [6, 6.07) is 0. The largest absolute Gasteiger partial charge is 0.418 e. The van der Waals surface area contributed by atoms with Crippen LogP contribution in [0.3, 0.4) is 0 Å². The SMILES string of the molecule is Cc1[nH]nc2oc(=O)[nH]c12. The van der Waals surface area contributed by atoms with Crippen LogP contribution >= 0.6 is 0 Å². The molecule has 2 N–H and O–H groups in total. The molecular formula is C5H5N3O2. The lowest BCUT2D eigenvalue weighted by Crippen LogP contribution is -1.94. The van der Waals surface area contributed by atoms with Crippen LogP contribution in [0.1, 0.15) is 5.69 Å². The lowest BCUT2D eigenvalue weighted by Gasteiger charge is -1.74. The second kappa shape index (κ2) is 1.50. The second-order valence-electron chi connectivity index (χ2n) is 2.04. The van der Waals surface area contributed by atoms with Gasteiger partial charge in [-0.3, -0.25) is 10.1 Å². The molecule has 0 bridgehead atoms. The number of fused-ring (bicyclic) bond motifs is 1. The number of nitrogens with one attached hydrogen (secondary N) is 2. The Bertz CT molecular complexity index is 408. The molecule has 0 saturated carbocycles. The van der Waals surface area contributed by atoms with Crippen LogP contribution in [0.25, 0.3) is 11.2 Å². The van der Waals surface area contributed by atoms with E-state index in [9.17, 15) is 4.79 Å². The first-order valence-corrected chi connectivity index (χ1v) is 2.81. The number of hydrogen-bond donors (Lipinski definition) is 2. The molecule has 0 atom stereocenters. The first-order valence-electron chi connectivity index (χ1n) is 2.81. The van der Waals surface area contributed by atoms with Gasteiger partial charge in [0.05, 0.1) is 5.69 Å². The molecule has 0 radical (unpaired) electrons. The quantitative estimate of drug-likeness (QED) is 0.545.